The summed E-state index contributed by atoms with van der Waals surface area (Å²) in [7, 11) is 0. The van der Waals surface area contributed by atoms with Gasteiger partial charge in [0.05, 0.1) is 0 Å². The molecule has 1 aliphatic rings. The van der Waals surface area contributed by atoms with Crippen molar-refractivity contribution in [3.8, 4) is 0 Å². The first-order chi connectivity index (χ1) is 8.59. The van der Waals surface area contributed by atoms with Crippen LogP contribution in [0.25, 0.3) is 0 Å². The fourth-order valence-corrected chi connectivity index (χ4v) is 3.20. The molecule has 1 aromatic rings. The molecule has 2 rings (SSSR count). The van der Waals surface area contributed by atoms with Gasteiger partial charge >= 0.3 is 10.8 Å². The van der Waals surface area contributed by atoms with Crippen molar-refractivity contribution in [2.45, 2.75) is 38.8 Å². The molecule has 2 heterocycles. The summed E-state index contributed by atoms with van der Waals surface area (Å²) in [5, 5.41) is 11.0. The predicted octanol–water partition coefficient (Wildman–Crippen LogP) is 1.16. The lowest BCUT2D eigenvalue weighted by molar-refractivity contribution is -0.144. The summed E-state index contributed by atoms with van der Waals surface area (Å²) in [6, 6.07) is -0.381. The van der Waals surface area contributed by atoms with Crippen LogP contribution in [0.1, 0.15) is 25.0 Å². The number of aryl methyl sites for hydroxylation is 1. The first-order valence-corrected chi connectivity index (χ1v) is 7.09. The quantitative estimate of drug-likeness (QED) is 0.891. The van der Waals surface area contributed by atoms with Gasteiger partial charge in [0.15, 0.2) is 0 Å². The van der Waals surface area contributed by atoms with Crippen LogP contribution >= 0.6 is 11.3 Å². The predicted molar refractivity (Wildman–Crippen MR) is 70.2 cm³/mol. The van der Waals surface area contributed by atoms with E-state index < -0.39 is 5.97 Å². The number of carbonyl (C=O) groups is 1. The molecule has 1 atom stereocenters. The number of thiazole rings is 1. The van der Waals surface area contributed by atoms with Gasteiger partial charge in [-0.05, 0) is 26.3 Å². The van der Waals surface area contributed by atoms with Crippen LogP contribution in [0.5, 0.6) is 0 Å². The fourth-order valence-electron chi connectivity index (χ4n) is 2.44. The lowest BCUT2D eigenvalue weighted by Crippen LogP contribution is -2.46. The van der Waals surface area contributed by atoms with Gasteiger partial charge in [0.1, 0.15) is 6.04 Å². The molecule has 1 fully saturated rings. The van der Waals surface area contributed by atoms with E-state index in [2.05, 4.69) is 0 Å². The Hall–Kier alpha value is -1.14. The van der Waals surface area contributed by atoms with Gasteiger partial charge in [0.2, 0.25) is 0 Å². The molecule has 5 nitrogen and oxygen atoms in total. The van der Waals surface area contributed by atoms with Crippen LogP contribution in [0, 0.1) is 6.92 Å². The SMILES string of the molecule is Cc1csc(=O)n1CCN1CCCCC1C(=O)O. The second-order valence-electron chi connectivity index (χ2n) is 4.68. The van der Waals surface area contributed by atoms with Crippen LogP contribution in [-0.2, 0) is 11.3 Å². The first kappa shape index (κ1) is 13.3. The van der Waals surface area contributed by atoms with Crippen molar-refractivity contribution in [1.29, 1.82) is 0 Å². The molecule has 0 saturated carbocycles. The summed E-state index contributed by atoms with van der Waals surface area (Å²) in [5.41, 5.74) is 0.953. The van der Waals surface area contributed by atoms with E-state index in [1.54, 1.807) is 4.57 Å². The Morgan fingerprint density at radius 3 is 2.89 bits per heavy atom. The number of carboxylic acid groups (broad SMARTS) is 1. The third-order valence-corrected chi connectivity index (χ3v) is 4.37. The van der Waals surface area contributed by atoms with Gasteiger partial charge in [0, 0.05) is 24.2 Å². The Morgan fingerprint density at radius 1 is 1.50 bits per heavy atom. The van der Waals surface area contributed by atoms with Gasteiger partial charge in [-0.3, -0.25) is 14.5 Å². The molecule has 1 saturated heterocycles. The molecule has 0 radical (unpaired) electrons. The number of hydrogen-bond acceptors (Lipinski definition) is 4. The van der Waals surface area contributed by atoms with E-state index >= 15 is 0 Å². The highest BCUT2D eigenvalue weighted by atomic mass is 32.1. The van der Waals surface area contributed by atoms with Crippen LogP contribution in [-0.4, -0.2) is 39.7 Å². The van der Waals surface area contributed by atoms with Gasteiger partial charge in [0.25, 0.3) is 0 Å². The number of hydrogen-bond donors (Lipinski definition) is 1. The molecule has 1 unspecified atom stereocenters. The minimum absolute atomic E-state index is 0.0383. The summed E-state index contributed by atoms with van der Waals surface area (Å²) in [5.74, 6) is -0.746. The van der Waals surface area contributed by atoms with Crippen molar-refractivity contribution in [2.75, 3.05) is 13.1 Å². The van der Waals surface area contributed by atoms with Crippen LogP contribution in [0.3, 0.4) is 0 Å². The average Bonchev–Trinajstić information content (AvgIpc) is 2.67. The highest BCUT2D eigenvalue weighted by molar-refractivity contribution is 7.07. The van der Waals surface area contributed by atoms with Crippen LogP contribution in [0.4, 0.5) is 0 Å². The molecule has 1 N–H and O–H groups in total. The summed E-state index contributed by atoms with van der Waals surface area (Å²) in [6.45, 7) is 3.93. The molecular weight excluding hydrogens is 252 g/mol. The minimum Gasteiger partial charge on any atom is -0.480 e. The Kier molecular flexibility index (Phi) is 4.19. The Bertz CT molecular complexity index is 480. The van der Waals surface area contributed by atoms with E-state index in [1.165, 1.54) is 11.3 Å². The average molecular weight is 270 g/mol. The van der Waals surface area contributed by atoms with E-state index in [1.807, 2.05) is 17.2 Å². The molecule has 0 bridgehead atoms. The van der Waals surface area contributed by atoms with E-state index in [0.717, 1.165) is 25.1 Å². The van der Waals surface area contributed by atoms with Crippen molar-refractivity contribution >= 4 is 17.3 Å². The summed E-state index contributed by atoms with van der Waals surface area (Å²) in [4.78, 5) is 24.7. The van der Waals surface area contributed by atoms with E-state index in [-0.39, 0.29) is 10.9 Å². The normalized spacial score (nSPS) is 21.1. The smallest absolute Gasteiger partial charge is 0.320 e. The van der Waals surface area contributed by atoms with Crippen molar-refractivity contribution < 1.29 is 9.90 Å². The van der Waals surface area contributed by atoms with Crippen molar-refractivity contribution in [1.82, 2.24) is 9.47 Å². The Balaban J connectivity index is 2.00. The second kappa shape index (κ2) is 5.67. The summed E-state index contributed by atoms with van der Waals surface area (Å²) >= 11 is 1.20. The van der Waals surface area contributed by atoms with Crippen LogP contribution < -0.4 is 4.87 Å². The highest BCUT2D eigenvalue weighted by Crippen LogP contribution is 2.17. The molecule has 0 spiro atoms. The van der Waals surface area contributed by atoms with E-state index in [4.69, 9.17) is 5.11 Å². The molecule has 18 heavy (non-hydrogen) atoms. The van der Waals surface area contributed by atoms with E-state index in [9.17, 15) is 9.59 Å². The minimum atomic E-state index is -0.746. The summed E-state index contributed by atoms with van der Waals surface area (Å²) < 4.78 is 1.72. The van der Waals surface area contributed by atoms with Crippen molar-refractivity contribution in [3.63, 3.8) is 0 Å². The lowest BCUT2D eigenvalue weighted by atomic mass is 10.0. The number of carboxylic acids is 1. The first-order valence-electron chi connectivity index (χ1n) is 6.21. The van der Waals surface area contributed by atoms with Crippen LogP contribution in [0.15, 0.2) is 10.2 Å². The molecular formula is C12H18N2O3S. The zero-order valence-electron chi connectivity index (χ0n) is 10.5. The number of likely N-dealkylation sites (tertiary alicyclic amines) is 1. The van der Waals surface area contributed by atoms with E-state index in [0.29, 0.717) is 19.5 Å². The van der Waals surface area contributed by atoms with Crippen molar-refractivity contribution in [3.05, 3.63) is 20.7 Å². The maximum absolute atomic E-state index is 11.6. The van der Waals surface area contributed by atoms with Gasteiger partial charge in [-0.2, -0.15) is 0 Å². The van der Waals surface area contributed by atoms with Gasteiger partial charge in [-0.25, -0.2) is 0 Å². The molecule has 1 aliphatic heterocycles. The van der Waals surface area contributed by atoms with Crippen molar-refractivity contribution in [2.24, 2.45) is 0 Å². The van der Waals surface area contributed by atoms with Gasteiger partial charge < -0.3 is 9.67 Å². The molecule has 100 valence electrons. The number of piperidine rings is 1. The van der Waals surface area contributed by atoms with Crippen LogP contribution in [0.2, 0.25) is 0 Å². The number of rotatable bonds is 4. The zero-order chi connectivity index (χ0) is 13.1. The molecule has 6 heteroatoms. The highest BCUT2D eigenvalue weighted by Gasteiger charge is 2.27. The Morgan fingerprint density at radius 2 is 2.28 bits per heavy atom. The Labute approximate surface area is 110 Å². The summed E-state index contributed by atoms with van der Waals surface area (Å²) in [6.07, 6.45) is 2.74. The maximum atomic E-state index is 11.6. The molecule has 0 amide bonds. The number of aliphatic carboxylic acids is 1. The monoisotopic (exact) mass is 270 g/mol. The van der Waals surface area contributed by atoms with Gasteiger partial charge in [-0.15, -0.1) is 0 Å². The molecule has 0 aliphatic carbocycles. The lowest BCUT2D eigenvalue weighted by Gasteiger charge is -2.32. The number of aromatic nitrogens is 1. The molecule has 1 aromatic heterocycles. The zero-order valence-corrected chi connectivity index (χ0v) is 11.3. The number of nitrogens with zero attached hydrogens (tertiary/aromatic N) is 2. The second-order valence-corrected chi connectivity index (χ2v) is 5.50. The topological polar surface area (TPSA) is 62.5 Å². The molecule has 0 aromatic carbocycles. The van der Waals surface area contributed by atoms with Gasteiger partial charge in [-0.1, -0.05) is 17.8 Å². The maximum Gasteiger partial charge on any atom is 0.320 e. The third kappa shape index (κ3) is 2.81. The largest absolute Gasteiger partial charge is 0.480 e. The standard InChI is InChI=1S/C12H18N2O3S/c1-9-8-18-12(17)14(9)7-6-13-5-3-2-4-10(13)11(15)16/h8,10H,2-7H2,1H3,(H,15,16). The third-order valence-electron chi connectivity index (χ3n) is 3.49. The fraction of sp³-hybridized carbons (Fsp3) is 0.667.